The fourth-order valence-electron chi connectivity index (χ4n) is 2.76. The Kier molecular flexibility index (Phi) is 5.65. The molecule has 0 aromatic carbocycles. The second kappa shape index (κ2) is 7.27. The van der Waals surface area contributed by atoms with Crippen molar-refractivity contribution in [3.63, 3.8) is 0 Å². The molecule has 0 atom stereocenters. The largest absolute Gasteiger partial charge is 0.383 e. The monoisotopic (exact) mass is 294 g/mol. The summed E-state index contributed by atoms with van der Waals surface area (Å²) in [4.78, 5) is 2.52. The number of hydrogen-bond donors (Lipinski definition) is 1. The summed E-state index contributed by atoms with van der Waals surface area (Å²) in [5, 5.41) is 8.10. The van der Waals surface area contributed by atoms with Crippen molar-refractivity contribution in [2.24, 2.45) is 13.0 Å². The summed E-state index contributed by atoms with van der Waals surface area (Å²) in [5.41, 5.74) is 2.45. The SMILES string of the molecule is COCCNCc1c(C)nn(C)c1N(CC1CC1)C(C)C. The van der Waals surface area contributed by atoms with E-state index in [1.807, 2.05) is 4.68 Å². The zero-order valence-corrected chi connectivity index (χ0v) is 14.1. The normalized spacial score (nSPS) is 15.0. The summed E-state index contributed by atoms with van der Waals surface area (Å²) < 4.78 is 7.14. The Morgan fingerprint density at radius 1 is 1.43 bits per heavy atom. The van der Waals surface area contributed by atoms with Gasteiger partial charge in [-0.2, -0.15) is 5.10 Å². The van der Waals surface area contributed by atoms with E-state index >= 15 is 0 Å². The fraction of sp³-hybridized carbons (Fsp3) is 0.812. The van der Waals surface area contributed by atoms with Gasteiger partial charge in [-0.05, 0) is 39.5 Å². The van der Waals surface area contributed by atoms with E-state index < -0.39 is 0 Å². The van der Waals surface area contributed by atoms with Crippen LogP contribution in [0.2, 0.25) is 0 Å². The van der Waals surface area contributed by atoms with Gasteiger partial charge in [-0.15, -0.1) is 0 Å². The highest BCUT2D eigenvalue weighted by Crippen LogP contribution is 2.34. The van der Waals surface area contributed by atoms with Gasteiger partial charge in [-0.1, -0.05) is 0 Å². The first-order chi connectivity index (χ1) is 10.0. The Morgan fingerprint density at radius 3 is 2.71 bits per heavy atom. The van der Waals surface area contributed by atoms with Gasteiger partial charge in [0.05, 0.1) is 12.3 Å². The number of nitrogens with zero attached hydrogens (tertiary/aromatic N) is 3. The van der Waals surface area contributed by atoms with Crippen LogP contribution in [0.15, 0.2) is 0 Å². The van der Waals surface area contributed by atoms with E-state index in [9.17, 15) is 0 Å². The molecule has 1 aromatic rings. The first kappa shape index (κ1) is 16.3. The number of hydrogen-bond acceptors (Lipinski definition) is 4. The van der Waals surface area contributed by atoms with Gasteiger partial charge in [-0.3, -0.25) is 4.68 Å². The topological polar surface area (TPSA) is 42.3 Å². The van der Waals surface area contributed by atoms with E-state index in [1.54, 1.807) is 7.11 Å². The fourth-order valence-corrected chi connectivity index (χ4v) is 2.76. The van der Waals surface area contributed by atoms with Gasteiger partial charge >= 0.3 is 0 Å². The zero-order valence-electron chi connectivity index (χ0n) is 14.1. The number of ether oxygens (including phenoxy) is 1. The Labute approximate surface area is 128 Å². The summed E-state index contributed by atoms with van der Waals surface area (Å²) in [5.74, 6) is 2.15. The van der Waals surface area contributed by atoms with Crippen molar-refractivity contribution in [3.8, 4) is 0 Å². The molecule has 1 N–H and O–H groups in total. The quantitative estimate of drug-likeness (QED) is 0.708. The van der Waals surface area contributed by atoms with Crippen LogP contribution in [0.4, 0.5) is 5.82 Å². The summed E-state index contributed by atoms with van der Waals surface area (Å²) >= 11 is 0. The molecule has 2 rings (SSSR count). The van der Waals surface area contributed by atoms with E-state index in [0.29, 0.717) is 6.04 Å². The summed E-state index contributed by atoms with van der Waals surface area (Å²) in [6.07, 6.45) is 2.75. The molecule has 5 heteroatoms. The van der Waals surface area contributed by atoms with Crippen LogP contribution < -0.4 is 10.2 Å². The number of nitrogens with one attached hydrogen (secondary N) is 1. The summed E-state index contributed by atoms with van der Waals surface area (Å²) in [6, 6.07) is 0.498. The molecular weight excluding hydrogens is 264 g/mol. The van der Waals surface area contributed by atoms with Crippen molar-refractivity contribution in [3.05, 3.63) is 11.3 Å². The highest BCUT2D eigenvalue weighted by molar-refractivity contribution is 5.51. The highest BCUT2D eigenvalue weighted by Gasteiger charge is 2.29. The number of anilines is 1. The maximum atomic E-state index is 5.10. The predicted molar refractivity (Wildman–Crippen MR) is 86.7 cm³/mol. The first-order valence-electron chi connectivity index (χ1n) is 8.03. The standard InChI is InChI=1S/C16H30N4O/c1-12(2)20(11-14-6-7-14)16-15(10-17-8-9-21-5)13(3)18-19(16)4/h12,14,17H,6-11H2,1-5H3. The molecule has 120 valence electrons. The minimum atomic E-state index is 0.498. The Balaban J connectivity index is 2.14. The molecule has 1 fully saturated rings. The second-order valence-corrected chi connectivity index (χ2v) is 6.37. The lowest BCUT2D eigenvalue weighted by Gasteiger charge is -2.30. The lowest BCUT2D eigenvalue weighted by molar-refractivity contribution is 0.199. The Hall–Kier alpha value is -1.07. The van der Waals surface area contributed by atoms with Crippen molar-refractivity contribution in [1.29, 1.82) is 0 Å². The molecule has 5 nitrogen and oxygen atoms in total. The van der Waals surface area contributed by atoms with Gasteiger partial charge in [0.1, 0.15) is 5.82 Å². The van der Waals surface area contributed by atoms with Crippen molar-refractivity contribution < 1.29 is 4.74 Å². The third kappa shape index (κ3) is 4.20. The minimum Gasteiger partial charge on any atom is -0.383 e. The van der Waals surface area contributed by atoms with Crippen molar-refractivity contribution in [2.45, 2.75) is 46.2 Å². The molecule has 0 unspecified atom stereocenters. The highest BCUT2D eigenvalue weighted by atomic mass is 16.5. The van der Waals surface area contributed by atoms with Gasteiger partial charge < -0.3 is 15.0 Å². The van der Waals surface area contributed by atoms with Gasteiger partial charge in [-0.25, -0.2) is 0 Å². The molecule has 1 heterocycles. The molecule has 0 amide bonds. The molecule has 1 saturated carbocycles. The lowest BCUT2D eigenvalue weighted by Crippen LogP contribution is -2.35. The molecule has 0 spiro atoms. The number of aromatic nitrogens is 2. The van der Waals surface area contributed by atoms with Crippen molar-refractivity contribution in [2.75, 3.05) is 31.7 Å². The van der Waals surface area contributed by atoms with Gasteiger partial charge in [0.25, 0.3) is 0 Å². The zero-order chi connectivity index (χ0) is 15.4. The number of rotatable bonds is 9. The van der Waals surface area contributed by atoms with Crippen LogP contribution in [0.5, 0.6) is 0 Å². The first-order valence-corrected chi connectivity index (χ1v) is 8.03. The van der Waals surface area contributed by atoms with E-state index in [2.05, 4.69) is 43.1 Å². The number of aryl methyl sites for hydroxylation is 2. The van der Waals surface area contributed by atoms with E-state index in [4.69, 9.17) is 4.74 Å². The molecule has 1 aliphatic rings. The third-order valence-electron chi connectivity index (χ3n) is 4.15. The molecule has 1 aliphatic carbocycles. The summed E-state index contributed by atoms with van der Waals surface area (Å²) in [6.45, 7) is 10.3. The van der Waals surface area contributed by atoms with Crippen LogP contribution in [-0.2, 0) is 18.3 Å². The minimum absolute atomic E-state index is 0.498. The average molecular weight is 294 g/mol. The molecular formula is C16H30N4O. The second-order valence-electron chi connectivity index (χ2n) is 6.37. The van der Waals surface area contributed by atoms with Crippen LogP contribution in [-0.4, -0.2) is 42.6 Å². The smallest absolute Gasteiger partial charge is 0.131 e. The van der Waals surface area contributed by atoms with Crippen LogP contribution in [0.25, 0.3) is 0 Å². The molecule has 0 aliphatic heterocycles. The average Bonchev–Trinajstić information content (AvgIpc) is 3.19. The Morgan fingerprint density at radius 2 is 2.14 bits per heavy atom. The van der Waals surface area contributed by atoms with Crippen molar-refractivity contribution in [1.82, 2.24) is 15.1 Å². The molecule has 0 bridgehead atoms. The van der Waals surface area contributed by atoms with E-state index in [1.165, 1.54) is 24.2 Å². The van der Waals surface area contributed by atoms with Gasteiger partial charge in [0.15, 0.2) is 0 Å². The summed E-state index contributed by atoms with van der Waals surface area (Å²) in [7, 11) is 3.79. The van der Waals surface area contributed by atoms with Crippen LogP contribution >= 0.6 is 0 Å². The van der Waals surface area contributed by atoms with Gasteiger partial charge in [0, 0.05) is 45.4 Å². The van der Waals surface area contributed by atoms with E-state index in [-0.39, 0.29) is 0 Å². The lowest BCUT2D eigenvalue weighted by atomic mass is 10.2. The number of methoxy groups -OCH3 is 1. The van der Waals surface area contributed by atoms with E-state index in [0.717, 1.165) is 37.9 Å². The van der Waals surface area contributed by atoms with Crippen molar-refractivity contribution >= 4 is 5.82 Å². The molecule has 1 aromatic heterocycles. The molecule has 0 radical (unpaired) electrons. The molecule has 21 heavy (non-hydrogen) atoms. The maximum Gasteiger partial charge on any atom is 0.131 e. The predicted octanol–water partition coefficient (Wildman–Crippen LogP) is 2.09. The van der Waals surface area contributed by atoms with Crippen LogP contribution in [0, 0.1) is 12.8 Å². The van der Waals surface area contributed by atoms with Crippen LogP contribution in [0.1, 0.15) is 37.9 Å². The maximum absolute atomic E-state index is 5.10. The van der Waals surface area contributed by atoms with Crippen LogP contribution in [0.3, 0.4) is 0 Å². The van der Waals surface area contributed by atoms with Gasteiger partial charge in [0.2, 0.25) is 0 Å². The molecule has 0 saturated heterocycles. The third-order valence-corrected chi connectivity index (χ3v) is 4.15. The Bertz CT molecular complexity index is 451.